The van der Waals surface area contributed by atoms with Crippen molar-refractivity contribution in [1.82, 2.24) is 9.78 Å². The van der Waals surface area contributed by atoms with E-state index in [9.17, 15) is 0 Å². The number of rotatable bonds is 3. The lowest BCUT2D eigenvalue weighted by atomic mass is 10.2. The first-order chi connectivity index (χ1) is 10.1. The van der Waals surface area contributed by atoms with E-state index in [1.165, 1.54) is 0 Å². The highest BCUT2D eigenvalue weighted by molar-refractivity contribution is 9.11. The van der Waals surface area contributed by atoms with Gasteiger partial charge in [0.1, 0.15) is 0 Å². The molecule has 0 spiro atoms. The zero-order chi connectivity index (χ0) is 15.0. The van der Waals surface area contributed by atoms with Gasteiger partial charge in [0.2, 0.25) is 0 Å². The number of hydrogen-bond donors (Lipinski definition) is 0. The van der Waals surface area contributed by atoms with E-state index in [0.29, 0.717) is 10.0 Å². The molecule has 0 bridgehead atoms. The first-order valence-corrected chi connectivity index (χ1v) is 9.43. The van der Waals surface area contributed by atoms with Crippen LogP contribution in [0.25, 0.3) is 16.3 Å². The van der Waals surface area contributed by atoms with Crippen LogP contribution in [0.2, 0.25) is 10.0 Å². The fourth-order valence-corrected chi connectivity index (χ4v) is 4.37. The van der Waals surface area contributed by atoms with E-state index in [1.807, 2.05) is 29.1 Å². The van der Waals surface area contributed by atoms with Crippen LogP contribution in [-0.2, 0) is 5.33 Å². The molecular formula is C14H8Br2Cl2N2S. The van der Waals surface area contributed by atoms with Crippen molar-refractivity contribution in [2.24, 2.45) is 0 Å². The van der Waals surface area contributed by atoms with Crippen molar-refractivity contribution in [3.63, 3.8) is 0 Å². The van der Waals surface area contributed by atoms with Gasteiger partial charge in [-0.2, -0.15) is 5.10 Å². The molecule has 0 aliphatic carbocycles. The maximum Gasteiger partial charge on any atom is 0.0882 e. The third-order valence-corrected chi connectivity index (χ3v) is 5.71. The van der Waals surface area contributed by atoms with E-state index in [2.05, 4.69) is 43.0 Å². The molecule has 3 aromatic rings. The minimum atomic E-state index is 0.573. The number of hydrogen-bond acceptors (Lipinski definition) is 2. The largest absolute Gasteiger partial charge is 0.230 e. The lowest BCUT2D eigenvalue weighted by Gasteiger charge is -2.09. The summed E-state index contributed by atoms with van der Waals surface area (Å²) in [5.41, 5.74) is 2.95. The summed E-state index contributed by atoms with van der Waals surface area (Å²) in [4.78, 5) is 1.12. The van der Waals surface area contributed by atoms with Crippen molar-refractivity contribution in [3.8, 4) is 16.3 Å². The first-order valence-electron chi connectivity index (χ1n) is 5.94. The second-order valence-corrected chi connectivity index (χ2v) is 8.13. The van der Waals surface area contributed by atoms with Crippen LogP contribution < -0.4 is 0 Å². The van der Waals surface area contributed by atoms with Crippen LogP contribution in [-0.4, -0.2) is 9.78 Å². The molecule has 0 atom stereocenters. The van der Waals surface area contributed by atoms with Gasteiger partial charge in [0, 0.05) is 15.9 Å². The van der Waals surface area contributed by atoms with Gasteiger partial charge in [-0.15, -0.1) is 11.3 Å². The number of benzene rings is 1. The number of halogens is 4. The molecule has 2 heterocycles. The molecule has 1 aromatic carbocycles. The molecule has 0 unspecified atom stereocenters. The molecule has 0 aliphatic heterocycles. The smallest absolute Gasteiger partial charge is 0.0882 e. The van der Waals surface area contributed by atoms with Crippen molar-refractivity contribution in [2.75, 3.05) is 0 Å². The third kappa shape index (κ3) is 3.08. The summed E-state index contributed by atoms with van der Waals surface area (Å²) in [6.07, 6.45) is 1.85. The Morgan fingerprint density at radius 1 is 1.19 bits per heavy atom. The Bertz CT molecular complexity index is 798. The number of thiophene rings is 1. The third-order valence-electron chi connectivity index (χ3n) is 2.93. The van der Waals surface area contributed by atoms with E-state index >= 15 is 0 Å². The molecule has 0 aliphatic rings. The predicted octanol–water partition coefficient (Wildman–Crippen LogP) is 6.57. The van der Waals surface area contributed by atoms with Gasteiger partial charge in [-0.05, 0) is 46.3 Å². The zero-order valence-electron chi connectivity index (χ0n) is 10.5. The Kier molecular flexibility index (Phi) is 4.76. The van der Waals surface area contributed by atoms with E-state index in [4.69, 9.17) is 23.2 Å². The standard InChI is InChI=1S/C14H8Br2Cl2N2S/c15-6-8-7-19-20(11-2-1-9(17)5-10(11)18)14(8)12-3-4-13(16)21-12/h1-5,7H,6H2. The molecule has 0 amide bonds. The Morgan fingerprint density at radius 3 is 2.62 bits per heavy atom. The van der Waals surface area contributed by atoms with E-state index < -0.39 is 0 Å². The number of aromatic nitrogens is 2. The molecule has 3 rings (SSSR count). The summed E-state index contributed by atoms with van der Waals surface area (Å²) in [7, 11) is 0. The average molecular weight is 467 g/mol. The Labute approximate surface area is 152 Å². The summed E-state index contributed by atoms with van der Waals surface area (Å²) in [6.45, 7) is 0. The van der Waals surface area contributed by atoms with Crippen molar-refractivity contribution in [2.45, 2.75) is 5.33 Å². The molecule has 0 radical (unpaired) electrons. The normalized spacial score (nSPS) is 11.0. The molecule has 0 saturated heterocycles. The van der Waals surface area contributed by atoms with Crippen LogP contribution in [0.15, 0.2) is 40.3 Å². The molecule has 108 valence electrons. The molecule has 7 heteroatoms. The topological polar surface area (TPSA) is 17.8 Å². The van der Waals surface area contributed by atoms with Gasteiger partial charge in [-0.25, -0.2) is 4.68 Å². The molecular weight excluding hydrogens is 459 g/mol. The minimum absolute atomic E-state index is 0.573. The molecule has 0 saturated carbocycles. The van der Waals surface area contributed by atoms with Gasteiger partial charge >= 0.3 is 0 Å². The highest BCUT2D eigenvalue weighted by atomic mass is 79.9. The fourth-order valence-electron chi connectivity index (χ4n) is 2.02. The highest BCUT2D eigenvalue weighted by Gasteiger charge is 2.17. The van der Waals surface area contributed by atoms with E-state index in [1.54, 1.807) is 17.4 Å². The Morgan fingerprint density at radius 2 is 2.00 bits per heavy atom. The van der Waals surface area contributed by atoms with Gasteiger partial charge < -0.3 is 0 Å². The highest BCUT2D eigenvalue weighted by Crippen LogP contribution is 2.37. The molecule has 21 heavy (non-hydrogen) atoms. The maximum atomic E-state index is 6.32. The quantitative estimate of drug-likeness (QED) is 0.399. The van der Waals surface area contributed by atoms with Crippen LogP contribution >= 0.6 is 66.4 Å². The van der Waals surface area contributed by atoms with Crippen LogP contribution in [0.5, 0.6) is 0 Å². The van der Waals surface area contributed by atoms with Crippen LogP contribution in [0, 0.1) is 0 Å². The summed E-state index contributed by atoms with van der Waals surface area (Å²) in [5, 5.41) is 6.39. The average Bonchev–Trinajstić information content (AvgIpc) is 3.04. The van der Waals surface area contributed by atoms with E-state index in [0.717, 1.165) is 30.9 Å². The van der Waals surface area contributed by atoms with Crippen LogP contribution in [0.3, 0.4) is 0 Å². The minimum Gasteiger partial charge on any atom is -0.230 e. The molecule has 2 nitrogen and oxygen atoms in total. The van der Waals surface area contributed by atoms with E-state index in [-0.39, 0.29) is 0 Å². The van der Waals surface area contributed by atoms with Crippen LogP contribution in [0.4, 0.5) is 0 Å². The summed E-state index contributed by atoms with van der Waals surface area (Å²) >= 11 is 21.0. The van der Waals surface area contributed by atoms with Gasteiger partial charge in [0.05, 0.1) is 31.3 Å². The molecule has 0 fully saturated rings. The Hall–Kier alpha value is -0.330. The SMILES string of the molecule is Clc1ccc(-n2ncc(CBr)c2-c2ccc(Br)s2)c(Cl)c1. The molecule has 0 N–H and O–H groups in total. The van der Waals surface area contributed by atoms with Crippen molar-refractivity contribution in [1.29, 1.82) is 0 Å². The summed E-state index contributed by atoms with van der Waals surface area (Å²) in [5.74, 6) is 0. The Balaban J connectivity index is 2.22. The zero-order valence-corrected chi connectivity index (χ0v) is 16.0. The summed E-state index contributed by atoms with van der Waals surface area (Å²) < 4.78 is 2.93. The summed E-state index contributed by atoms with van der Waals surface area (Å²) in [6, 6.07) is 9.51. The predicted molar refractivity (Wildman–Crippen MR) is 97.2 cm³/mol. The molecule has 2 aromatic heterocycles. The van der Waals surface area contributed by atoms with Crippen LogP contribution in [0.1, 0.15) is 5.56 Å². The second-order valence-electron chi connectivity index (χ2n) is 4.26. The van der Waals surface area contributed by atoms with Crippen molar-refractivity contribution >= 4 is 66.4 Å². The second kappa shape index (κ2) is 6.42. The number of nitrogens with zero attached hydrogens (tertiary/aromatic N) is 2. The van der Waals surface area contributed by atoms with Gasteiger partial charge in [-0.1, -0.05) is 39.1 Å². The van der Waals surface area contributed by atoms with Gasteiger partial charge in [0.15, 0.2) is 0 Å². The van der Waals surface area contributed by atoms with Gasteiger partial charge in [0.25, 0.3) is 0 Å². The first kappa shape index (κ1) is 15.6. The maximum absolute atomic E-state index is 6.32. The van der Waals surface area contributed by atoms with Gasteiger partial charge in [-0.3, -0.25) is 0 Å². The monoisotopic (exact) mass is 464 g/mol. The van der Waals surface area contributed by atoms with Crippen molar-refractivity contribution < 1.29 is 0 Å². The lowest BCUT2D eigenvalue weighted by molar-refractivity contribution is 0.890. The lowest BCUT2D eigenvalue weighted by Crippen LogP contribution is -1.99. The number of alkyl halides is 1. The fraction of sp³-hybridized carbons (Fsp3) is 0.0714. The van der Waals surface area contributed by atoms with Crippen molar-refractivity contribution in [3.05, 3.63) is 55.9 Å².